The minimum atomic E-state index is -0.149. The van der Waals surface area contributed by atoms with Gasteiger partial charge < -0.3 is 18.6 Å². The molecule has 4 aliphatic heterocycles. The van der Waals surface area contributed by atoms with Gasteiger partial charge in [0.15, 0.2) is 0 Å². The Bertz CT molecular complexity index is 4080. The van der Waals surface area contributed by atoms with Gasteiger partial charge in [-0.2, -0.15) is 0 Å². The number of nitrogens with zero attached hydrogens (tertiary/aromatic N) is 2. The van der Waals surface area contributed by atoms with Crippen molar-refractivity contribution in [3.8, 4) is 56.6 Å². The van der Waals surface area contributed by atoms with Crippen LogP contribution < -0.4 is 42.3 Å². The van der Waals surface area contributed by atoms with Gasteiger partial charge >= 0.3 is 0 Å². The van der Waals surface area contributed by atoms with Crippen LogP contribution in [0.2, 0.25) is 0 Å². The summed E-state index contributed by atoms with van der Waals surface area (Å²) in [6.45, 7) is 22.8. The number of aromatic nitrogens is 2. The average molecular weight is 1010 g/mol. The fraction of sp³-hybridized carbons (Fsp3) is 0.250. The van der Waals surface area contributed by atoms with E-state index in [0.717, 1.165) is 60.1 Å². The van der Waals surface area contributed by atoms with Gasteiger partial charge in [0, 0.05) is 43.5 Å². The highest BCUT2D eigenvalue weighted by Crippen LogP contribution is 2.49. The average Bonchev–Trinajstić information content (AvgIpc) is 2.27. The molecule has 15 rings (SSSR count). The van der Waals surface area contributed by atoms with Crippen LogP contribution in [-0.2, 0) is 25.7 Å². The summed E-state index contributed by atoms with van der Waals surface area (Å²) in [6, 6.07) is 56.8. The first-order valence-corrected chi connectivity index (χ1v) is 29.0. The highest BCUT2D eigenvalue weighted by Gasteiger charge is 2.51. The molecule has 6 heterocycles. The van der Waals surface area contributed by atoms with E-state index in [4.69, 9.17) is 9.47 Å². The zero-order valence-corrected chi connectivity index (χ0v) is 46.9. The molecule has 0 saturated carbocycles. The van der Waals surface area contributed by atoms with Gasteiger partial charge in [-0.3, -0.25) is 0 Å². The number of hydrogen-bond donors (Lipinski definition) is 0. The Hall–Kier alpha value is -7.69. The van der Waals surface area contributed by atoms with Crippen LogP contribution in [-0.4, -0.2) is 22.6 Å². The van der Waals surface area contributed by atoms with E-state index in [0.29, 0.717) is 23.7 Å². The number of rotatable bonds is 10. The molecule has 11 aromatic rings. The van der Waals surface area contributed by atoms with E-state index >= 15 is 0 Å². The molecule has 0 N–H and O–H groups in total. The third-order valence-corrected chi connectivity index (χ3v) is 17.5. The van der Waals surface area contributed by atoms with Crippen LogP contribution in [0.5, 0.6) is 23.0 Å². The fourth-order valence-corrected chi connectivity index (χ4v) is 14.5. The molecule has 4 aliphatic rings. The zero-order chi connectivity index (χ0) is 53.2. The quantitative estimate of drug-likeness (QED) is 0.128. The van der Waals surface area contributed by atoms with E-state index in [-0.39, 0.29) is 13.4 Å². The predicted molar refractivity (Wildman–Crippen MR) is 332 cm³/mol. The highest BCUT2D eigenvalue weighted by atomic mass is 16.5. The lowest BCUT2D eigenvalue weighted by atomic mass is 9.31. The maximum atomic E-state index is 7.88. The first-order valence-electron chi connectivity index (χ1n) is 29.0. The van der Waals surface area contributed by atoms with Crippen molar-refractivity contribution < 1.29 is 9.47 Å². The van der Waals surface area contributed by atoms with E-state index in [9.17, 15) is 0 Å². The molecule has 9 aromatic carbocycles. The lowest BCUT2D eigenvalue weighted by Gasteiger charge is -2.41. The molecule has 0 bridgehead atoms. The molecule has 4 nitrogen and oxygen atoms in total. The maximum absolute atomic E-state index is 7.88. The van der Waals surface area contributed by atoms with Crippen LogP contribution in [0.3, 0.4) is 0 Å². The molecule has 0 atom stereocenters. The van der Waals surface area contributed by atoms with E-state index in [1.54, 1.807) is 0 Å². The predicted octanol–water partition coefficient (Wildman–Crippen LogP) is 14.5. The Balaban J connectivity index is 1.13. The van der Waals surface area contributed by atoms with Crippen molar-refractivity contribution in [2.24, 2.45) is 23.7 Å². The van der Waals surface area contributed by atoms with Crippen LogP contribution >= 0.6 is 0 Å². The number of ether oxygens (including phenoxy) is 2. The maximum Gasteiger partial charge on any atom is 0.256 e. The third kappa shape index (κ3) is 7.13. The minimum Gasteiger partial charge on any atom is -0.456 e. The molecule has 0 amide bonds. The second-order valence-electron chi connectivity index (χ2n) is 25.4. The molecule has 0 aliphatic carbocycles. The van der Waals surface area contributed by atoms with E-state index in [1.165, 1.54) is 132 Å². The van der Waals surface area contributed by atoms with Crippen LogP contribution in [0.15, 0.2) is 146 Å². The Morgan fingerprint density at radius 1 is 0.359 bits per heavy atom. The molecule has 382 valence electrons. The Morgan fingerprint density at radius 2 is 0.718 bits per heavy atom. The molecule has 0 spiro atoms. The van der Waals surface area contributed by atoms with Gasteiger partial charge in [-0.05, 0) is 178 Å². The molecule has 2 aromatic heterocycles. The molecular formula is C72H66B2N2O2. The summed E-state index contributed by atoms with van der Waals surface area (Å²) in [4.78, 5) is 0. The Kier molecular flexibility index (Phi) is 10.6. The van der Waals surface area contributed by atoms with Crippen LogP contribution in [0.4, 0.5) is 0 Å². The Morgan fingerprint density at radius 3 is 1.10 bits per heavy atom. The van der Waals surface area contributed by atoms with Crippen molar-refractivity contribution in [2.75, 3.05) is 0 Å². The van der Waals surface area contributed by atoms with Crippen molar-refractivity contribution in [3.63, 3.8) is 0 Å². The van der Waals surface area contributed by atoms with Crippen molar-refractivity contribution >= 4 is 89.8 Å². The largest absolute Gasteiger partial charge is 0.456 e. The summed E-state index contributed by atoms with van der Waals surface area (Å²) in [6.07, 6.45) is 4.03. The molecule has 0 radical (unpaired) electrons. The summed E-state index contributed by atoms with van der Waals surface area (Å²) >= 11 is 0. The van der Waals surface area contributed by atoms with Crippen molar-refractivity contribution in [1.29, 1.82) is 0 Å². The zero-order valence-electron chi connectivity index (χ0n) is 46.9. The van der Waals surface area contributed by atoms with Crippen molar-refractivity contribution in [3.05, 3.63) is 179 Å². The molecule has 0 fully saturated rings. The molecule has 6 heteroatoms. The lowest BCUT2D eigenvalue weighted by molar-refractivity contribution is 0.472. The van der Waals surface area contributed by atoms with Gasteiger partial charge in [0.25, 0.3) is 13.4 Å². The summed E-state index contributed by atoms with van der Waals surface area (Å²) in [5.41, 5.74) is 27.4. The van der Waals surface area contributed by atoms with Gasteiger partial charge in [0.1, 0.15) is 23.0 Å². The molecule has 78 heavy (non-hydrogen) atoms. The summed E-state index contributed by atoms with van der Waals surface area (Å²) < 4.78 is 21.0. The smallest absolute Gasteiger partial charge is 0.256 e. The first kappa shape index (κ1) is 47.5. The van der Waals surface area contributed by atoms with Gasteiger partial charge in [-0.1, -0.05) is 164 Å². The SMILES string of the molecule is Cc1ccc(-c2ccc3c(c2)B2c4c(c5c6c(c4-n4c7ccc(CC(C)C)cc7c7cc(CC(C)C)cc2c74)Oc2ccc(-c4ccc(C)cc4)cc2B6c2cc(CC(C)C)cc4c6cc(CC(C)C)ccc6n-5c24)O3)cc1. The summed E-state index contributed by atoms with van der Waals surface area (Å²) in [5, 5.41) is 5.24. The standard InChI is InChI=1S/C72H66B2N2O2/c1-39(2)27-45-15-23-61-53(31-45)55-33-47(29-41(5)6)35-59-67(55)75(61)69-65-72(78-63-25-21-51(37-57(63)73(59)65)49-17-11-43(9)12-18-49)70-66-71(69)77-64-26-22-52(50-19-13-44(10)14-20-50)38-58(64)74(66)60-36-48(30-42(7)8)34-56-54-32-46(28-40(3)4)16-24-62(54)76(70)68(56)60/h11-26,31-42H,27-30H2,1-10H3. The van der Waals surface area contributed by atoms with Crippen LogP contribution in [0, 0.1) is 37.5 Å². The van der Waals surface area contributed by atoms with E-state index in [1.807, 2.05) is 0 Å². The molecule has 0 unspecified atom stereocenters. The fourth-order valence-electron chi connectivity index (χ4n) is 14.5. The second-order valence-corrected chi connectivity index (χ2v) is 25.4. The molecule has 0 saturated heterocycles. The number of aryl methyl sites for hydroxylation is 2. The van der Waals surface area contributed by atoms with Gasteiger partial charge in [0.2, 0.25) is 0 Å². The van der Waals surface area contributed by atoms with Crippen molar-refractivity contribution in [1.82, 2.24) is 9.13 Å². The van der Waals surface area contributed by atoms with Crippen LogP contribution in [0.1, 0.15) is 88.8 Å². The monoisotopic (exact) mass is 1010 g/mol. The minimum absolute atomic E-state index is 0.149. The normalized spacial score (nSPS) is 13.6. The van der Waals surface area contributed by atoms with Crippen LogP contribution in [0.25, 0.3) is 77.2 Å². The van der Waals surface area contributed by atoms with E-state index in [2.05, 4.69) is 224 Å². The second kappa shape index (κ2) is 17.4. The first-order chi connectivity index (χ1) is 37.7. The lowest BCUT2D eigenvalue weighted by Crippen LogP contribution is -2.63. The van der Waals surface area contributed by atoms with Gasteiger partial charge in [-0.15, -0.1) is 0 Å². The number of hydrogen-bond acceptors (Lipinski definition) is 2. The molecular weight excluding hydrogens is 946 g/mol. The number of benzene rings is 9. The highest BCUT2D eigenvalue weighted by molar-refractivity contribution is 7.02. The topological polar surface area (TPSA) is 28.3 Å². The third-order valence-electron chi connectivity index (χ3n) is 17.5. The van der Waals surface area contributed by atoms with Gasteiger partial charge in [0.05, 0.1) is 22.4 Å². The summed E-state index contributed by atoms with van der Waals surface area (Å²) in [7, 11) is 0. The van der Waals surface area contributed by atoms with E-state index < -0.39 is 0 Å². The van der Waals surface area contributed by atoms with Gasteiger partial charge in [-0.25, -0.2) is 0 Å². The van der Waals surface area contributed by atoms with Crippen molar-refractivity contribution in [2.45, 2.75) is 94.9 Å². The summed E-state index contributed by atoms with van der Waals surface area (Å²) in [5.74, 6) is 5.74. The number of fused-ring (bicyclic) bond motifs is 16. The Labute approximate surface area is 460 Å².